The lowest BCUT2D eigenvalue weighted by atomic mass is 10.1. The molecule has 5 heteroatoms. The van der Waals surface area contributed by atoms with E-state index < -0.39 is 11.6 Å². The van der Waals surface area contributed by atoms with Crippen LogP contribution in [0.15, 0.2) is 69.9 Å². The summed E-state index contributed by atoms with van der Waals surface area (Å²) in [7, 11) is 0. The number of ketones is 1. The lowest BCUT2D eigenvalue weighted by Gasteiger charge is -2.07. The van der Waals surface area contributed by atoms with Crippen molar-refractivity contribution < 1.29 is 18.7 Å². The summed E-state index contributed by atoms with van der Waals surface area (Å²) in [5.41, 5.74) is -0.00502. The van der Waals surface area contributed by atoms with Gasteiger partial charge in [0.15, 0.2) is 5.78 Å². The second kappa shape index (κ2) is 6.97. The summed E-state index contributed by atoms with van der Waals surface area (Å²) < 4.78 is 10.5. The van der Waals surface area contributed by atoms with Gasteiger partial charge in [-0.05, 0) is 37.3 Å². The number of carbonyl (C=O) groups is 2. The van der Waals surface area contributed by atoms with Gasteiger partial charge in [-0.3, -0.25) is 4.79 Å². The molecule has 0 bridgehead atoms. The zero-order valence-corrected chi connectivity index (χ0v) is 13.4. The Balaban J connectivity index is 1.95. The molecule has 124 valence electrons. The number of para-hydroxylation sites is 2. The molecule has 0 N–H and O–H groups in total. The van der Waals surface area contributed by atoms with Gasteiger partial charge < -0.3 is 9.15 Å². The number of ether oxygens (including phenoxy) is 1. The zero-order chi connectivity index (χ0) is 17.8. The van der Waals surface area contributed by atoms with Gasteiger partial charge in [0.25, 0.3) is 0 Å². The molecule has 0 atom stereocenters. The number of carbonyl (C=O) groups excluding carboxylic acids is 2. The monoisotopic (exact) mass is 334 g/mol. The molecule has 0 fully saturated rings. The summed E-state index contributed by atoms with van der Waals surface area (Å²) in [6.45, 7) is 1.42. The quantitative estimate of drug-likeness (QED) is 0.315. The van der Waals surface area contributed by atoms with E-state index in [4.69, 9.17) is 9.15 Å². The van der Waals surface area contributed by atoms with Gasteiger partial charge in [-0.1, -0.05) is 36.4 Å². The lowest BCUT2D eigenvalue weighted by Crippen LogP contribution is -2.19. The van der Waals surface area contributed by atoms with E-state index in [0.717, 1.165) is 0 Å². The molecular weight excluding hydrogens is 320 g/mol. The average Bonchev–Trinajstić information content (AvgIpc) is 2.60. The SMILES string of the molecule is CC(=O)/C=C/c1ccccc1OC(=O)c1cc2ccccc2oc1=O. The van der Waals surface area contributed by atoms with Gasteiger partial charge in [-0.2, -0.15) is 0 Å². The minimum atomic E-state index is -0.817. The van der Waals surface area contributed by atoms with Crippen LogP contribution in [0.5, 0.6) is 5.75 Å². The van der Waals surface area contributed by atoms with E-state index in [-0.39, 0.29) is 17.1 Å². The Labute approximate surface area is 143 Å². The summed E-state index contributed by atoms with van der Waals surface area (Å²) in [6, 6.07) is 15.1. The first-order valence-electron chi connectivity index (χ1n) is 7.57. The fourth-order valence-corrected chi connectivity index (χ4v) is 2.28. The van der Waals surface area contributed by atoms with Crippen molar-refractivity contribution in [2.45, 2.75) is 6.92 Å². The van der Waals surface area contributed by atoms with E-state index in [0.29, 0.717) is 16.5 Å². The molecule has 0 radical (unpaired) electrons. The highest BCUT2D eigenvalue weighted by molar-refractivity contribution is 5.95. The molecular formula is C20H14O5. The van der Waals surface area contributed by atoms with Crippen LogP contribution in [-0.4, -0.2) is 11.8 Å². The van der Waals surface area contributed by atoms with E-state index in [9.17, 15) is 14.4 Å². The molecule has 5 nitrogen and oxygen atoms in total. The number of hydrogen-bond donors (Lipinski definition) is 0. The van der Waals surface area contributed by atoms with Gasteiger partial charge in [0.2, 0.25) is 0 Å². The number of allylic oxidation sites excluding steroid dienone is 1. The maximum atomic E-state index is 12.4. The summed E-state index contributed by atoms with van der Waals surface area (Å²) in [5.74, 6) is -0.697. The topological polar surface area (TPSA) is 73.6 Å². The van der Waals surface area contributed by atoms with Crippen molar-refractivity contribution in [1.29, 1.82) is 0 Å². The minimum Gasteiger partial charge on any atom is -0.422 e. The summed E-state index contributed by atoms with van der Waals surface area (Å²) in [6.07, 6.45) is 2.92. The molecule has 3 aromatic rings. The Kier molecular flexibility index (Phi) is 4.57. The molecule has 2 aromatic carbocycles. The van der Waals surface area contributed by atoms with Gasteiger partial charge >= 0.3 is 11.6 Å². The number of benzene rings is 2. The molecule has 0 saturated carbocycles. The maximum Gasteiger partial charge on any atom is 0.351 e. The van der Waals surface area contributed by atoms with Crippen LogP contribution in [-0.2, 0) is 4.79 Å². The van der Waals surface area contributed by atoms with Crippen molar-refractivity contribution in [3.63, 3.8) is 0 Å². The van der Waals surface area contributed by atoms with Crippen LogP contribution in [0.25, 0.3) is 17.0 Å². The first kappa shape index (κ1) is 16.4. The second-order valence-corrected chi connectivity index (χ2v) is 5.36. The van der Waals surface area contributed by atoms with E-state index in [1.54, 1.807) is 54.6 Å². The van der Waals surface area contributed by atoms with Crippen LogP contribution >= 0.6 is 0 Å². The molecule has 0 saturated heterocycles. The smallest absolute Gasteiger partial charge is 0.351 e. The average molecular weight is 334 g/mol. The summed E-state index contributed by atoms with van der Waals surface area (Å²) in [4.78, 5) is 35.5. The molecule has 0 aliphatic rings. The highest BCUT2D eigenvalue weighted by Gasteiger charge is 2.17. The van der Waals surface area contributed by atoms with Gasteiger partial charge in [0, 0.05) is 10.9 Å². The summed E-state index contributed by atoms with van der Waals surface area (Å²) in [5, 5.41) is 0.624. The number of fused-ring (bicyclic) bond motifs is 1. The van der Waals surface area contributed by atoms with Crippen LogP contribution in [0.3, 0.4) is 0 Å². The minimum absolute atomic E-state index is 0.128. The third kappa shape index (κ3) is 3.72. The number of hydrogen-bond acceptors (Lipinski definition) is 5. The number of esters is 1. The van der Waals surface area contributed by atoms with Crippen LogP contribution in [0.1, 0.15) is 22.8 Å². The first-order chi connectivity index (χ1) is 12.0. The molecule has 3 rings (SSSR count). The normalized spacial score (nSPS) is 10.9. The molecule has 0 spiro atoms. The van der Waals surface area contributed by atoms with E-state index in [2.05, 4.69) is 0 Å². The van der Waals surface area contributed by atoms with Crippen molar-refractivity contribution in [3.05, 3.63) is 82.2 Å². The van der Waals surface area contributed by atoms with Crippen LogP contribution in [0.2, 0.25) is 0 Å². The Morgan fingerprint density at radius 1 is 1.04 bits per heavy atom. The van der Waals surface area contributed by atoms with Gasteiger partial charge in [0.05, 0.1) is 0 Å². The maximum absolute atomic E-state index is 12.4. The molecule has 1 heterocycles. The van der Waals surface area contributed by atoms with Crippen molar-refractivity contribution in [3.8, 4) is 5.75 Å². The van der Waals surface area contributed by atoms with Crippen LogP contribution in [0, 0.1) is 0 Å². The Bertz CT molecular complexity index is 1040. The largest absolute Gasteiger partial charge is 0.422 e. The predicted octanol–water partition coefficient (Wildman–Crippen LogP) is 3.61. The van der Waals surface area contributed by atoms with Crippen LogP contribution in [0.4, 0.5) is 0 Å². The fourth-order valence-electron chi connectivity index (χ4n) is 2.28. The fraction of sp³-hybridized carbons (Fsp3) is 0.0500. The third-order valence-corrected chi connectivity index (χ3v) is 3.48. The summed E-state index contributed by atoms with van der Waals surface area (Å²) >= 11 is 0. The van der Waals surface area contributed by atoms with Crippen molar-refractivity contribution >= 4 is 28.8 Å². The van der Waals surface area contributed by atoms with Crippen molar-refractivity contribution in [1.82, 2.24) is 0 Å². The van der Waals surface area contributed by atoms with E-state index >= 15 is 0 Å². The highest BCUT2D eigenvalue weighted by atomic mass is 16.5. The first-order valence-corrected chi connectivity index (χ1v) is 7.57. The third-order valence-electron chi connectivity index (χ3n) is 3.48. The van der Waals surface area contributed by atoms with E-state index in [1.807, 2.05) is 0 Å². The Morgan fingerprint density at radius 3 is 2.56 bits per heavy atom. The second-order valence-electron chi connectivity index (χ2n) is 5.36. The lowest BCUT2D eigenvalue weighted by molar-refractivity contribution is -0.112. The Hall–Kier alpha value is -3.47. The van der Waals surface area contributed by atoms with Crippen molar-refractivity contribution in [2.24, 2.45) is 0 Å². The Morgan fingerprint density at radius 2 is 1.76 bits per heavy atom. The van der Waals surface area contributed by atoms with E-state index in [1.165, 1.54) is 19.1 Å². The van der Waals surface area contributed by atoms with Gasteiger partial charge in [-0.15, -0.1) is 0 Å². The van der Waals surface area contributed by atoms with Gasteiger partial charge in [0.1, 0.15) is 16.9 Å². The standard InChI is InChI=1S/C20H14O5/c1-13(21)10-11-14-6-2-4-8-17(14)24-19(22)16-12-15-7-3-5-9-18(15)25-20(16)23/h2-12H,1H3/b11-10+. The number of rotatable bonds is 4. The molecule has 25 heavy (non-hydrogen) atoms. The van der Waals surface area contributed by atoms with Gasteiger partial charge in [-0.25, -0.2) is 9.59 Å². The van der Waals surface area contributed by atoms with Crippen LogP contribution < -0.4 is 10.4 Å². The predicted molar refractivity (Wildman–Crippen MR) is 93.6 cm³/mol. The molecule has 0 amide bonds. The highest BCUT2D eigenvalue weighted by Crippen LogP contribution is 2.21. The zero-order valence-electron chi connectivity index (χ0n) is 13.4. The molecule has 0 aliphatic heterocycles. The van der Waals surface area contributed by atoms with Crippen molar-refractivity contribution in [2.75, 3.05) is 0 Å². The molecule has 0 aliphatic carbocycles. The molecule has 1 aromatic heterocycles. The molecule has 0 unspecified atom stereocenters.